The summed E-state index contributed by atoms with van der Waals surface area (Å²) in [6.07, 6.45) is 0. The Balaban J connectivity index is 2.26. The minimum absolute atomic E-state index is 0.109. The summed E-state index contributed by atoms with van der Waals surface area (Å²) in [6.45, 7) is 1.78. The molecule has 1 heterocycles. The van der Waals surface area contributed by atoms with Crippen LogP contribution in [0.4, 0.5) is 4.39 Å². The zero-order chi connectivity index (χ0) is 14.5. The first-order valence-corrected chi connectivity index (χ1v) is 7.68. The summed E-state index contributed by atoms with van der Waals surface area (Å²) in [5, 5.41) is 4.92. The molecule has 5 heteroatoms. The molecule has 1 N–H and O–H groups in total. The van der Waals surface area contributed by atoms with Crippen LogP contribution in [0.1, 0.15) is 23.4 Å². The molecule has 0 spiro atoms. The number of alkyl halides is 1. The first kappa shape index (κ1) is 15.0. The van der Waals surface area contributed by atoms with Gasteiger partial charge in [-0.05, 0) is 29.1 Å². The van der Waals surface area contributed by atoms with Gasteiger partial charge in [-0.2, -0.15) is 0 Å². The van der Waals surface area contributed by atoms with Gasteiger partial charge in [0.2, 0.25) is 5.91 Å². The minimum atomic E-state index is -0.292. The standard InChI is InChI=1S/C15H15ClFNOS/c1-10(9-16)15(19)18-14(13-3-2-8-20-13)11-4-6-12(17)7-5-11/h2-8,10,14H,9H2,1H3,(H,18,19). The summed E-state index contributed by atoms with van der Waals surface area (Å²) >= 11 is 7.26. The first-order chi connectivity index (χ1) is 9.61. The van der Waals surface area contributed by atoms with Gasteiger partial charge in [0.1, 0.15) is 5.82 Å². The van der Waals surface area contributed by atoms with Gasteiger partial charge in [0.25, 0.3) is 0 Å². The summed E-state index contributed by atoms with van der Waals surface area (Å²) in [4.78, 5) is 13.1. The van der Waals surface area contributed by atoms with Crippen molar-refractivity contribution in [3.8, 4) is 0 Å². The predicted octanol–water partition coefficient (Wildman–Crippen LogP) is 3.97. The third-order valence-corrected chi connectivity index (χ3v) is 4.40. The minimum Gasteiger partial charge on any atom is -0.344 e. The zero-order valence-electron chi connectivity index (χ0n) is 11.0. The molecule has 0 fully saturated rings. The van der Waals surface area contributed by atoms with E-state index in [1.54, 1.807) is 30.4 Å². The van der Waals surface area contributed by atoms with Gasteiger partial charge in [0.15, 0.2) is 0 Å². The Morgan fingerprint density at radius 1 is 1.35 bits per heavy atom. The van der Waals surface area contributed by atoms with Gasteiger partial charge in [-0.15, -0.1) is 22.9 Å². The fourth-order valence-corrected chi connectivity index (χ4v) is 2.73. The Morgan fingerprint density at radius 2 is 2.05 bits per heavy atom. The van der Waals surface area contributed by atoms with Gasteiger partial charge in [0.05, 0.1) is 6.04 Å². The third kappa shape index (κ3) is 3.58. The van der Waals surface area contributed by atoms with Crippen LogP contribution in [0.3, 0.4) is 0 Å². The van der Waals surface area contributed by atoms with E-state index in [-0.39, 0.29) is 29.6 Å². The number of carbonyl (C=O) groups is 1. The Kier molecular flexibility index (Phi) is 5.15. The van der Waals surface area contributed by atoms with E-state index >= 15 is 0 Å². The first-order valence-electron chi connectivity index (χ1n) is 6.27. The second-order valence-electron chi connectivity index (χ2n) is 4.56. The number of nitrogens with one attached hydrogen (secondary N) is 1. The number of benzene rings is 1. The second kappa shape index (κ2) is 6.86. The molecule has 0 aliphatic rings. The normalized spacial score (nSPS) is 13.8. The molecule has 0 saturated heterocycles. The van der Waals surface area contributed by atoms with Crippen LogP contribution >= 0.6 is 22.9 Å². The maximum Gasteiger partial charge on any atom is 0.224 e. The average molecular weight is 312 g/mol. The van der Waals surface area contributed by atoms with E-state index in [2.05, 4.69) is 5.32 Å². The second-order valence-corrected chi connectivity index (χ2v) is 5.85. The van der Waals surface area contributed by atoms with Gasteiger partial charge < -0.3 is 5.32 Å². The third-order valence-electron chi connectivity index (χ3n) is 3.00. The SMILES string of the molecule is CC(CCl)C(=O)NC(c1ccc(F)cc1)c1cccs1. The van der Waals surface area contributed by atoms with Crippen LogP contribution in [-0.2, 0) is 4.79 Å². The number of thiophene rings is 1. The molecule has 1 amide bonds. The molecule has 0 bridgehead atoms. The van der Waals surface area contributed by atoms with Crippen LogP contribution in [0.25, 0.3) is 0 Å². The lowest BCUT2D eigenvalue weighted by Crippen LogP contribution is -2.33. The van der Waals surface area contributed by atoms with Crippen molar-refractivity contribution in [1.29, 1.82) is 0 Å². The molecular weight excluding hydrogens is 297 g/mol. The van der Waals surface area contributed by atoms with E-state index in [9.17, 15) is 9.18 Å². The highest BCUT2D eigenvalue weighted by atomic mass is 35.5. The summed E-state index contributed by atoms with van der Waals surface area (Å²) < 4.78 is 13.0. The zero-order valence-corrected chi connectivity index (χ0v) is 12.5. The monoisotopic (exact) mass is 311 g/mol. The fourth-order valence-electron chi connectivity index (χ4n) is 1.78. The van der Waals surface area contributed by atoms with Crippen molar-refractivity contribution in [2.24, 2.45) is 5.92 Å². The molecule has 2 atom stereocenters. The Labute approximate surface area is 126 Å². The van der Waals surface area contributed by atoms with Crippen LogP contribution in [0.15, 0.2) is 41.8 Å². The highest BCUT2D eigenvalue weighted by Crippen LogP contribution is 2.26. The summed E-state index contributed by atoms with van der Waals surface area (Å²) in [7, 11) is 0. The van der Waals surface area contributed by atoms with Crippen molar-refractivity contribution < 1.29 is 9.18 Å². The molecule has 0 radical (unpaired) electrons. The van der Waals surface area contributed by atoms with E-state index in [0.29, 0.717) is 0 Å². The largest absolute Gasteiger partial charge is 0.344 e. The molecule has 0 aliphatic carbocycles. The van der Waals surface area contributed by atoms with Crippen molar-refractivity contribution in [3.05, 3.63) is 58.0 Å². The van der Waals surface area contributed by atoms with E-state index in [4.69, 9.17) is 11.6 Å². The van der Waals surface area contributed by atoms with Gasteiger partial charge in [-0.3, -0.25) is 4.79 Å². The highest BCUT2D eigenvalue weighted by Gasteiger charge is 2.20. The predicted molar refractivity (Wildman–Crippen MR) is 80.6 cm³/mol. The quantitative estimate of drug-likeness (QED) is 0.832. The van der Waals surface area contributed by atoms with Gasteiger partial charge in [-0.1, -0.05) is 25.1 Å². The van der Waals surface area contributed by atoms with Crippen LogP contribution in [0.5, 0.6) is 0 Å². The van der Waals surface area contributed by atoms with E-state index in [1.165, 1.54) is 12.1 Å². The average Bonchev–Trinajstić information content (AvgIpc) is 2.98. The number of halogens is 2. The van der Waals surface area contributed by atoms with Crippen LogP contribution in [0.2, 0.25) is 0 Å². The van der Waals surface area contributed by atoms with Crippen LogP contribution < -0.4 is 5.32 Å². The van der Waals surface area contributed by atoms with Crippen molar-refractivity contribution in [2.75, 3.05) is 5.88 Å². The summed E-state index contributed by atoms with van der Waals surface area (Å²) in [6, 6.07) is 9.77. The molecular formula is C15H15ClFNOS. The number of hydrogen-bond acceptors (Lipinski definition) is 2. The van der Waals surface area contributed by atoms with Crippen LogP contribution in [-0.4, -0.2) is 11.8 Å². The van der Waals surface area contributed by atoms with Crippen molar-refractivity contribution in [2.45, 2.75) is 13.0 Å². The highest BCUT2D eigenvalue weighted by molar-refractivity contribution is 7.10. The maximum absolute atomic E-state index is 13.0. The molecule has 1 aromatic carbocycles. The van der Waals surface area contributed by atoms with Gasteiger partial charge in [-0.25, -0.2) is 4.39 Å². The smallest absolute Gasteiger partial charge is 0.224 e. The number of hydrogen-bond donors (Lipinski definition) is 1. The van der Waals surface area contributed by atoms with Gasteiger partial charge >= 0.3 is 0 Å². The maximum atomic E-state index is 13.0. The number of carbonyl (C=O) groups excluding carboxylic acids is 1. The summed E-state index contributed by atoms with van der Waals surface area (Å²) in [5.41, 5.74) is 0.851. The Bertz CT molecular complexity index is 556. The molecule has 20 heavy (non-hydrogen) atoms. The van der Waals surface area contributed by atoms with Crippen molar-refractivity contribution in [1.82, 2.24) is 5.32 Å². The topological polar surface area (TPSA) is 29.1 Å². The molecule has 2 unspecified atom stereocenters. The molecule has 0 saturated carbocycles. The number of amides is 1. The van der Waals surface area contributed by atoms with Crippen molar-refractivity contribution >= 4 is 28.8 Å². The molecule has 0 aliphatic heterocycles. The summed E-state index contributed by atoms with van der Waals surface area (Å²) in [5.74, 6) is -0.395. The van der Waals surface area contributed by atoms with E-state index < -0.39 is 0 Å². The fraction of sp³-hybridized carbons (Fsp3) is 0.267. The lowest BCUT2D eigenvalue weighted by atomic mass is 10.0. The Morgan fingerprint density at radius 3 is 2.60 bits per heavy atom. The molecule has 106 valence electrons. The molecule has 2 rings (SSSR count). The molecule has 2 aromatic rings. The van der Waals surface area contributed by atoms with Gasteiger partial charge in [0, 0.05) is 16.7 Å². The van der Waals surface area contributed by atoms with E-state index in [0.717, 1.165) is 10.4 Å². The lowest BCUT2D eigenvalue weighted by molar-refractivity contribution is -0.124. The number of rotatable bonds is 5. The Hall–Kier alpha value is -1.39. The molecule has 2 nitrogen and oxygen atoms in total. The molecule has 1 aromatic heterocycles. The lowest BCUT2D eigenvalue weighted by Gasteiger charge is -2.20. The van der Waals surface area contributed by atoms with E-state index in [1.807, 2.05) is 17.5 Å². The van der Waals surface area contributed by atoms with Crippen molar-refractivity contribution in [3.63, 3.8) is 0 Å². The van der Waals surface area contributed by atoms with Crippen LogP contribution in [0, 0.1) is 11.7 Å².